The van der Waals surface area contributed by atoms with Gasteiger partial charge >= 0.3 is 5.97 Å². The number of hydrogen-bond acceptors (Lipinski definition) is 6. The van der Waals surface area contributed by atoms with E-state index in [1.165, 1.54) is 18.0 Å². The first-order valence-electron chi connectivity index (χ1n) is 8.59. The summed E-state index contributed by atoms with van der Waals surface area (Å²) in [6.45, 7) is 1.49. The molecule has 1 N–H and O–H groups in total. The summed E-state index contributed by atoms with van der Waals surface area (Å²) in [6.07, 6.45) is 0.397. The number of esters is 1. The minimum absolute atomic E-state index is 0.0641. The Hall–Kier alpha value is -3.13. The first-order chi connectivity index (χ1) is 13.5. The van der Waals surface area contributed by atoms with Gasteiger partial charge in [-0.15, -0.1) is 0 Å². The van der Waals surface area contributed by atoms with Crippen molar-refractivity contribution in [3.63, 3.8) is 0 Å². The predicted octanol–water partition coefficient (Wildman–Crippen LogP) is 2.42. The fourth-order valence-electron chi connectivity index (χ4n) is 2.63. The number of anilines is 2. The van der Waals surface area contributed by atoms with Crippen molar-refractivity contribution in [2.24, 2.45) is 0 Å². The van der Waals surface area contributed by atoms with Gasteiger partial charge < -0.3 is 19.7 Å². The summed E-state index contributed by atoms with van der Waals surface area (Å²) in [7, 11) is 0. The van der Waals surface area contributed by atoms with E-state index in [4.69, 9.17) is 21.1 Å². The van der Waals surface area contributed by atoms with Crippen LogP contribution in [0.2, 0.25) is 5.15 Å². The third-order valence-corrected chi connectivity index (χ3v) is 4.34. The topological polar surface area (TPSA) is 97.8 Å². The lowest BCUT2D eigenvalue weighted by atomic mass is 10.2. The monoisotopic (exact) mass is 403 g/mol. The second-order valence-electron chi connectivity index (χ2n) is 6.01. The zero-order chi connectivity index (χ0) is 20.1. The number of rotatable bonds is 6. The van der Waals surface area contributed by atoms with Crippen LogP contribution in [0.3, 0.4) is 0 Å². The van der Waals surface area contributed by atoms with Crippen molar-refractivity contribution in [1.82, 2.24) is 4.98 Å². The summed E-state index contributed by atoms with van der Waals surface area (Å²) in [5, 5.41) is 2.69. The molecule has 1 atom stereocenters. The number of amides is 2. The molecule has 1 aliphatic rings. The lowest BCUT2D eigenvalue weighted by Crippen LogP contribution is -2.40. The van der Waals surface area contributed by atoms with E-state index < -0.39 is 18.0 Å². The van der Waals surface area contributed by atoms with Gasteiger partial charge in [0.25, 0.3) is 11.8 Å². The molecule has 8 nitrogen and oxygen atoms in total. The average Bonchev–Trinajstić information content (AvgIpc) is 2.69. The Bertz CT molecular complexity index is 905. The largest absolute Gasteiger partial charge is 0.482 e. The van der Waals surface area contributed by atoms with Crippen LogP contribution in [0, 0.1) is 0 Å². The number of fused-ring (bicyclic) bond motifs is 1. The van der Waals surface area contributed by atoms with Gasteiger partial charge in [0.2, 0.25) is 0 Å². The lowest BCUT2D eigenvalue weighted by molar-refractivity contribution is -0.153. The molecule has 1 aromatic heterocycles. The maximum atomic E-state index is 12.2. The van der Waals surface area contributed by atoms with Crippen molar-refractivity contribution >= 4 is 40.8 Å². The van der Waals surface area contributed by atoms with E-state index in [0.717, 1.165) is 0 Å². The molecule has 0 saturated heterocycles. The summed E-state index contributed by atoms with van der Waals surface area (Å²) in [4.78, 5) is 41.7. The summed E-state index contributed by atoms with van der Waals surface area (Å²) >= 11 is 5.89. The Labute approximate surface area is 166 Å². The van der Waals surface area contributed by atoms with Gasteiger partial charge in [-0.3, -0.25) is 14.4 Å². The van der Waals surface area contributed by atoms with Gasteiger partial charge in [0.1, 0.15) is 5.75 Å². The van der Waals surface area contributed by atoms with E-state index in [0.29, 0.717) is 17.1 Å². The quantitative estimate of drug-likeness (QED) is 0.587. The van der Waals surface area contributed by atoms with Gasteiger partial charge in [-0.25, -0.2) is 4.98 Å². The average molecular weight is 404 g/mol. The minimum Gasteiger partial charge on any atom is -0.482 e. The molecule has 3 rings (SSSR count). The van der Waals surface area contributed by atoms with Crippen LogP contribution >= 0.6 is 11.6 Å². The molecule has 2 heterocycles. The number of aromatic nitrogens is 1. The highest BCUT2D eigenvalue weighted by Crippen LogP contribution is 2.31. The predicted molar refractivity (Wildman–Crippen MR) is 102 cm³/mol. The van der Waals surface area contributed by atoms with E-state index in [9.17, 15) is 14.4 Å². The molecule has 1 aliphatic heterocycles. The highest BCUT2D eigenvalue weighted by Gasteiger charge is 2.26. The molecule has 0 aliphatic carbocycles. The van der Waals surface area contributed by atoms with Crippen LogP contribution in [-0.2, 0) is 19.1 Å². The van der Waals surface area contributed by atoms with E-state index in [1.807, 2.05) is 0 Å². The number of carbonyl (C=O) groups excluding carboxylic acids is 3. The van der Waals surface area contributed by atoms with Crippen LogP contribution in [0.25, 0.3) is 0 Å². The standard InChI is InChI=1S/C19H18ClN3O5/c1-12(19(26)22-13-5-4-9-21-18(13)20)28-17(25)8-10-23-14-6-2-3-7-15(14)27-11-16(23)24/h2-7,9,12H,8,10-11H2,1H3,(H,22,26)/t12-/m1/s1. The summed E-state index contributed by atoms with van der Waals surface area (Å²) in [5.41, 5.74) is 0.927. The molecule has 0 radical (unpaired) electrons. The Morgan fingerprint density at radius 3 is 2.89 bits per heavy atom. The van der Waals surface area contributed by atoms with Crippen molar-refractivity contribution in [1.29, 1.82) is 0 Å². The molecular formula is C19H18ClN3O5. The number of carbonyl (C=O) groups is 3. The molecule has 28 heavy (non-hydrogen) atoms. The van der Waals surface area contributed by atoms with E-state index in [1.54, 1.807) is 36.4 Å². The smallest absolute Gasteiger partial charge is 0.308 e. The van der Waals surface area contributed by atoms with Gasteiger partial charge in [-0.05, 0) is 31.2 Å². The number of nitrogens with zero attached hydrogens (tertiary/aromatic N) is 2. The zero-order valence-corrected chi connectivity index (χ0v) is 15.8. The summed E-state index contributed by atoms with van der Waals surface area (Å²) < 4.78 is 10.5. The number of ether oxygens (including phenoxy) is 2. The second-order valence-corrected chi connectivity index (χ2v) is 6.37. The van der Waals surface area contributed by atoms with Crippen molar-refractivity contribution < 1.29 is 23.9 Å². The molecule has 9 heteroatoms. The Balaban J connectivity index is 1.53. The second kappa shape index (κ2) is 8.71. The molecule has 2 aromatic rings. The van der Waals surface area contributed by atoms with Crippen molar-refractivity contribution in [3.8, 4) is 5.75 Å². The van der Waals surface area contributed by atoms with E-state index in [-0.39, 0.29) is 30.6 Å². The number of pyridine rings is 1. The number of halogens is 1. The Morgan fingerprint density at radius 2 is 2.11 bits per heavy atom. The van der Waals surface area contributed by atoms with Crippen LogP contribution < -0.4 is 15.0 Å². The molecular weight excluding hydrogens is 386 g/mol. The van der Waals surface area contributed by atoms with E-state index >= 15 is 0 Å². The Morgan fingerprint density at radius 1 is 1.32 bits per heavy atom. The molecule has 0 spiro atoms. The summed E-state index contributed by atoms with van der Waals surface area (Å²) in [6, 6.07) is 10.3. The van der Waals surface area contributed by atoms with Crippen molar-refractivity contribution in [3.05, 3.63) is 47.7 Å². The third-order valence-electron chi connectivity index (χ3n) is 4.04. The first-order valence-corrected chi connectivity index (χ1v) is 8.96. The van der Waals surface area contributed by atoms with Crippen LogP contribution in [0.1, 0.15) is 13.3 Å². The highest BCUT2D eigenvalue weighted by atomic mass is 35.5. The Kier molecular flexibility index (Phi) is 6.10. The van der Waals surface area contributed by atoms with Crippen molar-refractivity contribution in [2.75, 3.05) is 23.4 Å². The van der Waals surface area contributed by atoms with Crippen LogP contribution in [0.4, 0.5) is 11.4 Å². The molecule has 0 unspecified atom stereocenters. The maximum absolute atomic E-state index is 12.2. The molecule has 1 aromatic carbocycles. The first kappa shape index (κ1) is 19.6. The molecule has 2 amide bonds. The third kappa shape index (κ3) is 4.58. The number of hydrogen-bond donors (Lipinski definition) is 1. The van der Waals surface area contributed by atoms with Gasteiger partial charge in [-0.2, -0.15) is 0 Å². The van der Waals surface area contributed by atoms with Crippen molar-refractivity contribution in [2.45, 2.75) is 19.4 Å². The fourth-order valence-corrected chi connectivity index (χ4v) is 2.79. The molecule has 146 valence electrons. The van der Waals surface area contributed by atoms with Gasteiger partial charge in [0, 0.05) is 12.7 Å². The van der Waals surface area contributed by atoms with Gasteiger partial charge in [0.15, 0.2) is 17.9 Å². The minimum atomic E-state index is -1.03. The fraction of sp³-hybridized carbons (Fsp3) is 0.263. The summed E-state index contributed by atoms with van der Waals surface area (Å²) in [5.74, 6) is -0.798. The number of benzene rings is 1. The highest BCUT2D eigenvalue weighted by molar-refractivity contribution is 6.32. The zero-order valence-electron chi connectivity index (χ0n) is 15.1. The van der Waals surface area contributed by atoms with Crippen LogP contribution in [0.5, 0.6) is 5.75 Å². The SMILES string of the molecule is C[C@@H](OC(=O)CCN1C(=O)COc2ccccc21)C(=O)Nc1cccnc1Cl. The van der Waals surface area contributed by atoms with Crippen LogP contribution in [-0.4, -0.2) is 42.0 Å². The van der Waals surface area contributed by atoms with Gasteiger partial charge in [-0.1, -0.05) is 23.7 Å². The lowest BCUT2D eigenvalue weighted by Gasteiger charge is -2.29. The van der Waals surface area contributed by atoms with E-state index in [2.05, 4.69) is 10.3 Å². The maximum Gasteiger partial charge on any atom is 0.308 e. The molecule has 0 fully saturated rings. The number of nitrogens with one attached hydrogen (secondary N) is 1. The molecule has 0 bridgehead atoms. The normalized spacial score (nSPS) is 13.9. The molecule has 0 saturated carbocycles. The van der Waals surface area contributed by atoms with Crippen LogP contribution in [0.15, 0.2) is 42.6 Å². The number of para-hydroxylation sites is 2. The van der Waals surface area contributed by atoms with Gasteiger partial charge in [0.05, 0.1) is 17.8 Å².